The van der Waals surface area contributed by atoms with Crippen molar-refractivity contribution in [2.24, 2.45) is 10.7 Å². The van der Waals surface area contributed by atoms with Crippen LogP contribution in [0.3, 0.4) is 0 Å². The van der Waals surface area contributed by atoms with Crippen molar-refractivity contribution in [2.75, 3.05) is 13.1 Å². The number of primary amides is 1. The van der Waals surface area contributed by atoms with Gasteiger partial charge in [-0.1, -0.05) is 36.9 Å². The zero-order chi connectivity index (χ0) is 21.1. The Balaban J connectivity index is 1.54. The first-order chi connectivity index (χ1) is 14.6. The summed E-state index contributed by atoms with van der Waals surface area (Å²) >= 11 is 0. The number of likely N-dealkylation sites (tertiary alicyclic amines) is 1. The second-order valence-corrected chi connectivity index (χ2v) is 7.22. The van der Waals surface area contributed by atoms with Gasteiger partial charge in [0.1, 0.15) is 5.82 Å². The van der Waals surface area contributed by atoms with E-state index in [1.807, 2.05) is 49.4 Å². The molecule has 2 aromatic rings. The number of benzene rings is 1. The third kappa shape index (κ3) is 3.85. The molecule has 150 valence electrons. The molecule has 1 amide bonds. The van der Waals surface area contributed by atoms with Crippen molar-refractivity contribution in [1.82, 2.24) is 14.9 Å². The van der Waals surface area contributed by atoms with Crippen LogP contribution in [0.1, 0.15) is 28.9 Å². The van der Waals surface area contributed by atoms with Crippen LogP contribution in [0.2, 0.25) is 0 Å². The molecule has 0 unspecified atom stereocenters. The van der Waals surface area contributed by atoms with E-state index < -0.39 is 5.91 Å². The lowest BCUT2D eigenvalue weighted by atomic mass is 9.92. The minimum Gasteiger partial charge on any atom is -0.366 e. The van der Waals surface area contributed by atoms with Crippen LogP contribution in [0, 0.1) is 0 Å². The average Bonchev–Trinajstić information content (AvgIpc) is 2.73. The van der Waals surface area contributed by atoms with E-state index in [9.17, 15) is 4.79 Å². The molecule has 0 radical (unpaired) electrons. The topological polar surface area (TPSA) is 84.5 Å². The number of carbonyl (C=O) groups is 1. The smallest absolute Gasteiger partial charge is 0.248 e. The molecule has 2 N–H and O–H groups in total. The molecule has 0 spiro atoms. The van der Waals surface area contributed by atoms with Crippen LogP contribution in [0.5, 0.6) is 0 Å². The van der Waals surface area contributed by atoms with Gasteiger partial charge in [0.15, 0.2) is 0 Å². The highest BCUT2D eigenvalue weighted by Crippen LogP contribution is 2.34. The standard InChI is InChI=1S/C24H23N5O/c1-3-21(28-20-10-5-4-7-16(20)2)29-14-19(15-29)23-22(26-11-12-27-23)17-8-6-9-18(13-17)24(25)30/h3-13,19H,2,14-15H2,1H3,(H2,25,30)/b21-3+,28-20?. The van der Waals surface area contributed by atoms with E-state index in [0.717, 1.165) is 47.1 Å². The fraction of sp³-hybridized carbons (Fsp3) is 0.167. The Bertz CT molecular complexity index is 1120. The van der Waals surface area contributed by atoms with Crippen molar-refractivity contribution in [1.29, 1.82) is 0 Å². The van der Waals surface area contributed by atoms with E-state index in [1.54, 1.807) is 24.5 Å². The monoisotopic (exact) mass is 397 g/mol. The Morgan fingerprint density at radius 3 is 2.73 bits per heavy atom. The summed E-state index contributed by atoms with van der Waals surface area (Å²) in [5.41, 5.74) is 10.2. The van der Waals surface area contributed by atoms with Gasteiger partial charge in [-0.3, -0.25) is 14.8 Å². The van der Waals surface area contributed by atoms with Gasteiger partial charge in [-0.15, -0.1) is 0 Å². The van der Waals surface area contributed by atoms with Crippen LogP contribution in [-0.2, 0) is 0 Å². The Hall–Kier alpha value is -3.80. The van der Waals surface area contributed by atoms with E-state index >= 15 is 0 Å². The molecule has 2 heterocycles. The SMILES string of the molecule is C=C1C=CC=CC1=N/C(=C\C)N1CC(c2nccnc2-c2cccc(C(N)=O)c2)C1. The van der Waals surface area contributed by atoms with E-state index in [4.69, 9.17) is 10.7 Å². The van der Waals surface area contributed by atoms with Crippen molar-refractivity contribution in [3.63, 3.8) is 0 Å². The molecule has 4 rings (SSSR count). The minimum absolute atomic E-state index is 0.228. The third-order valence-electron chi connectivity index (χ3n) is 5.22. The summed E-state index contributed by atoms with van der Waals surface area (Å²) in [5.74, 6) is 0.691. The molecule has 1 fully saturated rings. The highest BCUT2D eigenvalue weighted by atomic mass is 16.1. The number of nitrogens with zero attached hydrogens (tertiary/aromatic N) is 4. The first-order valence-electron chi connectivity index (χ1n) is 9.82. The first kappa shape index (κ1) is 19.5. The van der Waals surface area contributed by atoms with Crippen LogP contribution in [0.15, 0.2) is 90.0 Å². The van der Waals surface area contributed by atoms with Crippen LogP contribution in [0.25, 0.3) is 11.3 Å². The predicted molar refractivity (Wildman–Crippen MR) is 119 cm³/mol. The summed E-state index contributed by atoms with van der Waals surface area (Å²) in [4.78, 5) is 27.7. The highest BCUT2D eigenvalue weighted by Gasteiger charge is 2.33. The van der Waals surface area contributed by atoms with Gasteiger partial charge in [0.2, 0.25) is 5.91 Å². The normalized spacial score (nSPS) is 18.0. The number of allylic oxidation sites excluding steroid dienone is 6. The number of aliphatic imine (C=N–C) groups is 1. The van der Waals surface area contributed by atoms with Gasteiger partial charge in [-0.25, -0.2) is 4.99 Å². The molecule has 2 aliphatic rings. The van der Waals surface area contributed by atoms with Gasteiger partial charge >= 0.3 is 0 Å². The molecule has 6 nitrogen and oxygen atoms in total. The molecule has 1 aromatic carbocycles. The lowest BCUT2D eigenvalue weighted by Crippen LogP contribution is -2.44. The average molecular weight is 397 g/mol. The molecular formula is C24H23N5O. The Kier molecular flexibility index (Phi) is 5.39. The predicted octanol–water partition coefficient (Wildman–Crippen LogP) is 3.63. The molecular weight excluding hydrogens is 374 g/mol. The first-order valence-corrected chi connectivity index (χ1v) is 9.82. The van der Waals surface area contributed by atoms with Crippen molar-refractivity contribution in [3.8, 4) is 11.3 Å². The van der Waals surface area contributed by atoms with Gasteiger partial charge in [0.25, 0.3) is 0 Å². The van der Waals surface area contributed by atoms with Crippen LogP contribution < -0.4 is 5.73 Å². The van der Waals surface area contributed by atoms with Crippen molar-refractivity contribution >= 4 is 11.6 Å². The van der Waals surface area contributed by atoms with Crippen molar-refractivity contribution < 1.29 is 4.79 Å². The Morgan fingerprint density at radius 1 is 1.23 bits per heavy atom. The quantitative estimate of drug-likeness (QED) is 0.835. The highest BCUT2D eigenvalue weighted by molar-refractivity contribution is 6.11. The molecule has 1 aliphatic carbocycles. The maximum absolute atomic E-state index is 11.6. The van der Waals surface area contributed by atoms with E-state index in [-0.39, 0.29) is 5.92 Å². The fourth-order valence-electron chi connectivity index (χ4n) is 3.59. The van der Waals surface area contributed by atoms with Crippen molar-refractivity contribution in [2.45, 2.75) is 12.8 Å². The largest absolute Gasteiger partial charge is 0.366 e. The van der Waals surface area contributed by atoms with Gasteiger partial charge in [0.05, 0.1) is 17.1 Å². The number of aromatic nitrogens is 2. The number of nitrogens with two attached hydrogens (primary N) is 1. The van der Waals surface area contributed by atoms with Crippen LogP contribution in [0.4, 0.5) is 0 Å². The second kappa shape index (κ2) is 8.29. The van der Waals surface area contributed by atoms with Crippen LogP contribution >= 0.6 is 0 Å². The Morgan fingerprint density at radius 2 is 2.00 bits per heavy atom. The molecule has 30 heavy (non-hydrogen) atoms. The zero-order valence-electron chi connectivity index (χ0n) is 16.8. The summed E-state index contributed by atoms with van der Waals surface area (Å²) < 4.78 is 0. The lowest BCUT2D eigenvalue weighted by molar-refractivity contribution is 0.100. The van der Waals surface area contributed by atoms with Crippen molar-refractivity contribution in [3.05, 3.63) is 96.3 Å². The molecule has 1 aliphatic heterocycles. The second-order valence-electron chi connectivity index (χ2n) is 7.22. The summed E-state index contributed by atoms with van der Waals surface area (Å²) in [6.45, 7) is 7.63. The third-order valence-corrected chi connectivity index (χ3v) is 5.22. The molecule has 0 atom stereocenters. The zero-order valence-corrected chi connectivity index (χ0v) is 16.8. The minimum atomic E-state index is -0.456. The van der Waals surface area contributed by atoms with Gasteiger partial charge in [-0.05, 0) is 36.8 Å². The van der Waals surface area contributed by atoms with Gasteiger partial charge in [0, 0.05) is 42.5 Å². The summed E-state index contributed by atoms with van der Waals surface area (Å²) in [7, 11) is 0. The molecule has 0 saturated carbocycles. The molecule has 1 aromatic heterocycles. The summed E-state index contributed by atoms with van der Waals surface area (Å²) in [6, 6.07) is 7.21. The lowest BCUT2D eigenvalue weighted by Gasteiger charge is -2.41. The maximum Gasteiger partial charge on any atom is 0.248 e. The van der Waals surface area contributed by atoms with E-state index in [1.165, 1.54) is 0 Å². The Labute approximate surface area is 175 Å². The number of hydrogen-bond donors (Lipinski definition) is 1. The summed E-state index contributed by atoms with van der Waals surface area (Å²) in [5, 5.41) is 0. The van der Waals surface area contributed by atoms with Gasteiger partial charge < -0.3 is 10.6 Å². The van der Waals surface area contributed by atoms with Gasteiger partial charge in [-0.2, -0.15) is 0 Å². The number of hydrogen-bond acceptors (Lipinski definition) is 5. The number of carbonyl (C=O) groups excluding carboxylic acids is 1. The molecule has 6 heteroatoms. The maximum atomic E-state index is 11.6. The fourth-order valence-corrected chi connectivity index (χ4v) is 3.59. The van der Waals surface area contributed by atoms with E-state index in [2.05, 4.69) is 21.4 Å². The molecule has 1 saturated heterocycles. The summed E-state index contributed by atoms with van der Waals surface area (Å²) in [6.07, 6.45) is 13.2. The number of rotatable bonds is 5. The van der Waals surface area contributed by atoms with Crippen LogP contribution in [-0.4, -0.2) is 39.6 Å². The molecule has 0 bridgehead atoms. The van der Waals surface area contributed by atoms with E-state index in [0.29, 0.717) is 5.56 Å². The number of amides is 1.